The van der Waals surface area contributed by atoms with E-state index in [1.54, 1.807) is 43.5 Å². The van der Waals surface area contributed by atoms with Crippen LogP contribution in [0.1, 0.15) is 11.1 Å². The second-order valence-corrected chi connectivity index (χ2v) is 5.43. The van der Waals surface area contributed by atoms with E-state index >= 15 is 0 Å². The van der Waals surface area contributed by atoms with E-state index < -0.39 is 16.1 Å². The van der Waals surface area contributed by atoms with Gasteiger partial charge in [-0.15, -0.1) is 0 Å². The number of nitro benzene ring substituents is 1. The van der Waals surface area contributed by atoms with Crippen molar-refractivity contribution < 1.29 is 9.48 Å². The SMILES string of the molecule is Cc1cc(C[S+]([O-])c2ccccn2)ccc1[N+](=O)[O-]. The van der Waals surface area contributed by atoms with Crippen molar-refractivity contribution >= 4 is 16.9 Å². The van der Waals surface area contributed by atoms with Gasteiger partial charge in [0.2, 0.25) is 5.03 Å². The summed E-state index contributed by atoms with van der Waals surface area (Å²) >= 11 is -1.24. The number of aromatic nitrogens is 1. The van der Waals surface area contributed by atoms with Crippen LogP contribution in [0.15, 0.2) is 47.6 Å². The average Bonchev–Trinajstić information content (AvgIpc) is 2.39. The number of hydrogen-bond donors (Lipinski definition) is 0. The summed E-state index contributed by atoms with van der Waals surface area (Å²) in [6.07, 6.45) is 1.59. The summed E-state index contributed by atoms with van der Waals surface area (Å²) in [4.78, 5) is 14.3. The van der Waals surface area contributed by atoms with Crippen molar-refractivity contribution in [2.24, 2.45) is 0 Å². The maximum atomic E-state index is 12.1. The largest absolute Gasteiger partial charge is 0.610 e. The molecular weight excluding hydrogens is 264 g/mol. The van der Waals surface area contributed by atoms with Gasteiger partial charge in [0.25, 0.3) is 5.69 Å². The van der Waals surface area contributed by atoms with Gasteiger partial charge in [0, 0.05) is 40.6 Å². The summed E-state index contributed by atoms with van der Waals surface area (Å²) in [6.45, 7) is 1.67. The number of nitro groups is 1. The molecule has 0 aliphatic heterocycles. The minimum atomic E-state index is -1.24. The molecule has 1 aromatic carbocycles. The Morgan fingerprint density at radius 2 is 2.11 bits per heavy atom. The second kappa shape index (κ2) is 5.81. The predicted molar refractivity (Wildman–Crippen MR) is 72.2 cm³/mol. The molecule has 1 unspecified atom stereocenters. The van der Waals surface area contributed by atoms with E-state index in [1.807, 2.05) is 0 Å². The topological polar surface area (TPSA) is 79.1 Å². The fourth-order valence-corrected chi connectivity index (χ4v) is 2.76. The zero-order valence-electron chi connectivity index (χ0n) is 10.3. The Balaban J connectivity index is 2.16. The van der Waals surface area contributed by atoms with Crippen molar-refractivity contribution in [1.82, 2.24) is 4.98 Å². The van der Waals surface area contributed by atoms with Crippen molar-refractivity contribution in [3.8, 4) is 0 Å². The molecule has 0 saturated heterocycles. The van der Waals surface area contributed by atoms with Gasteiger partial charge in [-0.1, -0.05) is 6.07 Å². The molecule has 0 aliphatic rings. The molecule has 6 heteroatoms. The van der Waals surface area contributed by atoms with Crippen molar-refractivity contribution in [2.45, 2.75) is 17.7 Å². The normalized spacial score (nSPS) is 12.1. The first kappa shape index (κ1) is 13.5. The molecule has 1 atom stereocenters. The first-order valence-electron chi connectivity index (χ1n) is 5.61. The smallest absolute Gasteiger partial charge is 0.272 e. The highest BCUT2D eigenvalue weighted by molar-refractivity contribution is 7.90. The highest BCUT2D eigenvalue weighted by Gasteiger charge is 2.16. The molecule has 0 N–H and O–H groups in total. The molecule has 1 aromatic heterocycles. The van der Waals surface area contributed by atoms with E-state index in [4.69, 9.17) is 0 Å². The lowest BCUT2D eigenvalue weighted by atomic mass is 10.1. The van der Waals surface area contributed by atoms with Crippen LogP contribution in [-0.4, -0.2) is 14.5 Å². The molecule has 2 aromatic rings. The molecule has 0 fully saturated rings. The lowest BCUT2D eigenvalue weighted by molar-refractivity contribution is -0.385. The Kier molecular flexibility index (Phi) is 4.13. The fourth-order valence-electron chi connectivity index (χ4n) is 1.72. The Bertz CT molecular complexity index is 590. The molecule has 98 valence electrons. The monoisotopic (exact) mass is 276 g/mol. The van der Waals surface area contributed by atoms with Gasteiger partial charge >= 0.3 is 0 Å². The van der Waals surface area contributed by atoms with E-state index in [0.717, 1.165) is 5.56 Å². The first-order chi connectivity index (χ1) is 9.08. The fraction of sp³-hybridized carbons (Fsp3) is 0.154. The van der Waals surface area contributed by atoms with Crippen LogP contribution >= 0.6 is 0 Å². The lowest BCUT2D eigenvalue weighted by Crippen LogP contribution is -2.07. The van der Waals surface area contributed by atoms with E-state index in [9.17, 15) is 14.7 Å². The van der Waals surface area contributed by atoms with Crippen LogP contribution in [0, 0.1) is 17.0 Å². The van der Waals surface area contributed by atoms with Crippen molar-refractivity contribution in [2.75, 3.05) is 0 Å². The number of nitrogens with zero attached hydrogens (tertiary/aromatic N) is 2. The lowest BCUT2D eigenvalue weighted by Gasteiger charge is -2.09. The summed E-state index contributed by atoms with van der Waals surface area (Å²) in [6, 6.07) is 10.0. The van der Waals surface area contributed by atoms with Gasteiger partial charge < -0.3 is 4.55 Å². The third-order valence-electron chi connectivity index (χ3n) is 2.63. The van der Waals surface area contributed by atoms with Crippen LogP contribution in [0.3, 0.4) is 0 Å². The van der Waals surface area contributed by atoms with Gasteiger partial charge in [0.15, 0.2) is 0 Å². The minimum Gasteiger partial charge on any atom is -0.610 e. The van der Waals surface area contributed by atoms with E-state index in [2.05, 4.69) is 4.98 Å². The maximum absolute atomic E-state index is 12.1. The Labute approximate surface area is 113 Å². The standard InChI is InChI=1S/C13H12N2O3S/c1-10-8-11(5-6-12(10)15(16)17)9-19(18)13-4-2-3-7-14-13/h2-8H,9H2,1H3. The summed E-state index contributed by atoms with van der Waals surface area (Å²) in [5.74, 6) is 0.301. The van der Waals surface area contributed by atoms with Crippen molar-refractivity contribution in [3.63, 3.8) is 0 Å². The number of rotatable bonds is 4. The van der Waals surface area contributed by atoms with Crippen LogP contribution in [0.2, 0.25) is 0 Å². The summed E-state index contributed by atoms with van der Waals surface area (Å²) < 4.78 is 12.1. The molecule has 5 nitrogen and oxygen atoms in total. The number of benzene rings is 1. The predicted octanol–water partition coefficient (Wildman–Crippen LogP) is 2.61. The van der Waals surface area contributed by atoms with Gasteiger partial charge in [0.05, 0.1) is 4.92 Å². The van der Waals surface area contributed by atoms with Gasteiger partial charge in [0.1, 0.15) is 5.75 Å². The minimum absolute atomic E-state index is 0.0763. The van der Waals surface area contributed by atoms with Crippen LogP contribution in [-0.2, 0) is 16.9 Å². The van der Waals surface area contributed by atoms with E-state index in [-0.39, 0.29) is 5.69 Å². The summed E-state index contributed by atoms with van der Waals surface area (Å²) in [5.41, 5.74) is 1.44. The van der Waals surface area contributed by atoms with Crippen LogP contribution in [0.25, 0.3) is 0 Å². The van der Waals surface area contributed by atoms with Gasteiger partial charge in [-0.05, 0) is 25.1 Å². The van der Waals surface area contributed by atoms with Gasteiger partial charge in [-0.25, -0.2) is 4.98 Å². The molecule has 19 heavy (non-hydrogen) atoms. The molecular formula is C13H12N2O3S. The summed E-state index contributed by atoms with van der Waals surface area (Å²) in [5, 5.41) is 11.2. The number of hydrogen-bond acceptors (Lipinski definition) is 4. The van der Waals surface area contributed by atoms with E-state index in [0.29, 0.717) is 16.3 Å². The maximum Gasteiger partial charge on any atom is 0.272 e. The highest BCUT2D eigenvalue weighted by atomic mass is 32.2. The Morgan fingerprint density at radius 1 is 1.32 bits per heavy atom. The first-order valence-corrected chi connectivity index (χ1v) is 6.93. The Morgan fingerprint density at radius 3 is 2.68 bits per heavy atom. The third-order valence-corrected chi connectivity index (χ3v) is 3.93. The molecule has 0 radical (unpaired) electrons. The molecule has 0 saturated carbocycles. The number of pyridine rings is 1. The van der Waals surface area contributed by atoms with Crippen molar-refractivity contribution in [3.05, 3.63) is 63.8 Å². The molecule has 0 bridgehead atoms. The summed E-state index contributed by atoms with van der Waals surface area (Å²) in [7, 11) is 0. The van der Waals surface area contributed by atoms with Crippen molar-refractivity contribution in [1.29, 1.82) is 0 Å². The van der Waals surface area contributed by atoms with Crippen LogP contribution in [0.4, 0.5) is 5.69 Å². The quantitative estimate of drug-likeness (QED) is 0.488. The van der Waals surface area contributed by atoms with Crippen LogP contribution < -0.4 is 0 Å². The Hall–Kier alpha value is -1.92. The van der Waals surface area contributed by atoms with E-state index in [1.165, 1.54) is 6.07 Å². The van der Waals surface area contributed by atoms with Crippen LogP contribution in [0.5, 0.6) is 0 Å². The molecule has 1 heterocycles. The highest BCUT2D eigenvalue weighted by Crippen LogP contribution is 2.21. The third kappa shape index (κ3) is 3.30. The second-order valence-electron chi connectivity index (χ2n) is 4.04. The van der Waals surface area contributed by atoms with Gasteiger partial charge in [-0.2, -0.15) is 0 Å². The van der Waals surface area contributed by atoms with Gasteiger partial charge in [-0.3, -0.25) is 10.1 Å². The zero-order valence-corrected chi connectivity index (χ0v) is 11.1. The average molecular weight is 276 g/mol. The molecule has 2 rings (SSSR count). The molecule has 0 spiro atoms. The number of aryl methyl sites for hydroxylation is 1. The molecule has 0 aliphatic carbocycles. The molecule has 0 amide bonds. The zero-order chi connectivity index (χ0) is 13.8.